The summed E-state index contributed by atoms with van der Waals surface area (Å²) in [5.41, 5.74) is 2.10. The average molecular weight is 488 g/mol. The Morgan fingerprint density at radius 2 is 1.60 bits per heavy atom. The molecule has 9 heteroatoms. The van der Waals surface area contributed by atoms with Gasteiger partial charge in [0, 0.05) is 16.9 Å². The van der Waals surface area contributed by atoms with Gasteiger partial charge in [-0.25, -0.2) is 0 Å². The third-order valence-electron chi connectivity index (χ3n) is 4.94. The van der Waals surface area contributed by atoms with Gasteiger partial charge in [-0.1, -0.05) is 48.2 Å². The molecule has 0 spiro atoms. The number of thioether (sulfide) groups is 1. The Morgan fingerprint density at radius 1 is 0.914 bits per heavy atom. The van der Waals surface area contributed by atoms with Gasteiger partial charge in [0.15, 0.2) is 11.0 Å². The zero-order chi connectivity index (χ0) is 24.5. The molecule has 0 fully saturated rings. The number of amides is 2. The molecule has 0 aliphatic rings. The Hall–Kier alpha value is -4.11. The van der Waals surface area contributed by atoms with E-state index >= 15 is 0 Å². The van der Waals surface area contributed by atoms with Gasteiger partial charge in [0.1, 0.15) is 5.75 Å². The molecule has 1 aromatic heterocycles. The zero-order valence-electron chi connectivity index (χ0n) is 19.2. The first-order valence-corrected chi connectivity index (χ1v) is 12.1. The highest BCUT2D eigenvalue weighted by Gasteiger charge is 2.17. The average Bonchev–Trinajstić information content (AvgIpc) is 3.31. The number of rotatable bonds is 10. The van der Waals surface area contributed by atoms with Crippen LogP contribution in [0.4, 0.5) is 5.69 Å². The molecule has 4 aromatic rings. The lowest BCUT2D eigenvalue weighted by Gasteiger charge is -2.11. The van der Waals surface area contributed by atoms with Gasteiger partial charge in [-0.2, -0.15) is 0 Å². The van der Waals surface area contributed by atoms with Crippen molar-refractivity contribution in [3.8, 4) is 11.4 Å². The number of hydrogen-bond acceptors (Lipinski definition) is 6. The molecule has 35 heavy (non-hydrogen) atoms. The monoisotopic (exact) mass is 487 g/mol. The molecule has 8 nitrogen and oxygen atoms in total. The van der Waals surface area contributed by atoms with E-state index in [9.17, 15) is 9.59 Å². The quantitative estimate of drug-likeness (QED) is 0.323. The van der Waals surface area contributed by atoms with Crippen molar-refractivity contribution in [1.82, 2.24) is 20.1 Å². The Labute approximate surface area is 207 Å². The summed E-state index contributed by atoms with van der Waals surface area (Å²) in [6, 6.07) is 25.8. The number of carbonyl (C=O) groups excluding carboxylic acids is 2. The van der Waals surface area contributed by atoms with Crippen molar-refractivity contribution < 1.29 is 14.3 Å². The number of aromatic nitrogens is 3. The molecule has 0 radical (unpaired) electrons. The van der Waals surface area contributed by atoms with Gasteiger partial charge in [0.2, 0.25) is 5.91 Å². The fourth-order valence-electron chi connectivity index (χ4n) is 3.32. The lowest BCUT2D eigenvalue weighted by Crippen LogP contribution is -2.24. The highest BCUT2D eigenvalue weighted by Crippen LogP contribution is 2.23. The predicted octanol–water partition coefficient (Wildman–Crippen LogP) is 4.33. The molecular formula is C26H25N5O3S. The van der Waals surface area contributed by atoms with E-state index in [0.717, 1.165) is 11.4 Å². The Bertz CT molecular complexity index is 1260. The van der Waals surface area contributed by atoms with E-state index in [-0.39, 0.29) is 24.1 Å². The predicted molar refractivity (Wildman–Crippen MR) is 136 cm³/mol. The molecule has 2 amide bonds. The maximum Gasteiger partial charge on any atom is 0.251 e. The van der Waals surface area contributed by atoms with Gasteiger partial charge in [-0.3, -0.25) is 14.2 Å². The zero-order valence-corrected chi connectivity index (χ0v) is 20.0. The summed E-state index contributed by atoms with van der Waals surface area (Å²) in [4.78, 5) is 25.0. The van der Waals surface area contributed by atoms with E-state index in [1.807, 2.05) is 72.2 Å². The van der Waals surface area contributed by atoms with Gasteiger partial charge >= 0.3 is 0 Å². The first kappa shape index (κ1) is 24.0. The molecule has 178 valence electrons. The molecule has 0 unspecified atom stereocenters. The summed E-state index contributed by atoms with van der Waals surface area (Å²) < 4.78 is 7.27. The summed E-state index contributed by atoms with van der Waals surface area (Å²) in [6.07, 6.45) is 0. The Kier molecular flexibility index (Phi) is 8.13. The maximum atomic E-state index is 12.5. The molecule has 0 saturated heterocycles. The Balaban J connectivity index is 1.44. The van der Waals surface area contributed by atoms with Crippen LogP contribution in [0.15, 0.2) is 90.1 Å². The van der Waals surface area contributed by atoms with Gasteiger partial charge in [-0.05, 0) is 55.5 Å². The van der Waals surface area contributed by atoms with E-state index in [4.69, 9.17) is 4.74 Å². The lowest BCUT2D eigenvalue weighted by molar-refractivity contribution is -0.113. The second-order valence-corrected chi connectivity index (χ2v) is 8.36. The largest absolute Gasteiger partial charge is 0.494 e. The van der Waals surface area contributed by atoms with Crippen molar-refractivity contribution in [3.05, 3.63) is 96.3 Å². The molecule has 0 aliphatic carbocycles. The van der Waals surface area contributed by atoms with Crippen LogP contribution in [0.3, 0.4) is 0 Å². The smallest absolute Gasteiger partial charge is 0.251 e. The molecule has 1 heterocycles. The number of benzene rings is 3. The van der Waals surface area contributed by atoms with E-state index in [1.54, 1.807) is 24.3 Å². The summed E-state index contributed by atoms with van der Waals surface area (Å²) in [6.45, 7) is 2.70. The van der Waals surface area contributed by atoms with Crippen LogP contribution >= 0.6 is 11.8 Å². The number of hydrogen-bond donors (Lipinski definition) is 2. The lowest BCUT2D eigenvalue weighted by atomic mass is 10.2. The maximum absolute atomic E-state index is 12.5. The van der Waals surface area contributed by atoms with Gasteiger partial charge in [0.25, 0.3) is 5.91 Å². The van der Waals surface area contributed by atoms with Crippen molar-refractivity contribution >= 4 is 29.3 Å². The molecular weight excluding hydrogens is 462 g/mol. The van der Waals surface area contributed by atoms with E-state index < -0.39 is 0 Å². The van der Waals surface area contributed by atoms with Crippen molar-refractivity contribution in [2.45, 2.75) is 18.6 Å². The Morgan fingerprint density at radius 3 is 2.29 bits per heavy atom. The number of anilines is 1. The molecule has 0 atom stereocenters. The third-order valence-corrected chi connectivity index (χ3v) is 5.87. The minimum Gasteiger partial charge on any atom is -0.494 e. The van der Waals surface area contributed by atoms with E-state index in [1.165, 1.54) is 11.8 Å². The van der Waals surface area contributed by atoms with Crippen molar-refractivity contribution in [1.29, 1.82) is 0 Å². The first-order valence-electron chi connectivity index (χ1n) is 11.1. The fraction of sp³-hybridized carbons (Fsp3) is 0.154. The number of carbonyl (C=O) groups is 2. The summed E-state index contributed by atoms with van der Waals surface area (Å²) >= 11 is 1.27. The van der Waals surface area contributed by atoms with Gasteiger partial charge in [-0.15, -0.1) is 10.2 Å². The van der Waals surface area contributed by atoms with Crippen LogP contribution < -0.4 is 15.4 Å². The summed E-state index contributed by atoms with van der Waals surface area (Å²) in [7, 11) is 0. The van der Waals surface area contributed by atoms with E-state index in [2.05, 4.69) is 20.8 Å². The van der Waals surface area contributed by atoms with Crippen LogP contribution in [0.5, 0.6) is 5.75 Å². The highest BCUT2D eigenvalue weighted by molar-refractivity contribution is 7.99. The fourth-order valence-corrected chi connectivity index (χ4v) is 4.09. The third kappa shape index (κ3) is 6.48. The van der Waals surface area contributed by atoms with Crippen LogP contribution in [-0.2, 0) is 11.3 Å². The summed E-state index contributed by atoms with van der Waals surface area (Å²) in [5, 5.41) is 14.9. The van der Waals surface area contributed by atoms with Crippen LogP contribution in [0, 0.1) is 0 Å². The van der Waals surface area contributed by atoms with Crippen molar-refractivity contribution in [2.24, 2.45) is 0 Å². The van der Waals surface area contributed by atoms with Crippen LogP contribution in [-0.4, -0.2) is 38.9 Å². The molecule has 0 aliphatic heterocycles. The van der Waals surface area contributed by atoms with Crippen molar-refractivity contribution in [3.63, 3.8) is 0 Å². The van der Waals surface area contributed by atoms with Crippen LogP contribution in [0.1, 0.15) is 23.1 Å². The molecule has 0 saturated carbocycles. The molecule has 2 N–H and O–H groups in total. The standard InChI is InChI=1S/C26H25N5O3S/c1-2-34-22-15-13-20(14-16-22)28-24(32)18-35-26-30-29-23(31(26)21-11-7-4-8-12-21)17-27-25(33)19-9-5-3-6-10-19/h3-16H,2,17-18H2,1H3,(H,27,33)(H,28,32). The second-order valence-electron chi connectivity index (χ2n) is 7.41. The first-order chi connectivity index (χ1) is 17.1. The highest BCUT2D eigenvalue weighted by atomic mass is 32.2. The number of nitrogens with zero attached hydrogens (tertiary/aromatic N) is 3. The second kappa shape index (κ2) is 11.8. The number of nitrogens with one attached hydrogen (secondary N) is 2. The normalized spacial score (nSPS) is 10.5. The summed E-state index contributed by atoms with van der Waals surface area (Å²) in [5.74, 6) is 1.10. The molecule has 0 bridgehead atoms. The molecule has 4 rings (SSSR count). The number of ether oxygens (including phenoxy) is 1. The number of para-hydroxylation sites is 1. The SMILES string of the molecule is CCOc1ccc(NC(=O)CSc2nnc(CNC(=O)c3ccccc3)n2-c2ccccc2)cc1. The minimum atomic E-state index is -0.197. The van der Waals surface area contributed by atoms with E-state index in [0.29, 0.717) is 28.8 Å². The van der Waals surface area contributed by atoms with Crippen LogP contribution in [0.25, 0.3) is 5.69 Å². The van der Waals surface area contributed by atoms with Crippen molar-refractivity contribution in [2.75, 3.05) is 17.7 Å². The van der Waals surface area contributed by atoms with Gasteiger partial charge < -0.3 is 15.4 Å². The van der Waals surface area contributed by atoms with Crippen LogP contribution in [0.2, 0.25) is 0 Å². The minimum absolute atomic E-state index is 0.147. The van der Waals surface area contributed by atoms with Gasteiger partial charge in [0.05, 0.1) is 18.9 Å². The molecule has 3 aromatic carbocycles. The topological polar surface area (TPSA) is 98.1 Å².